The summed E-state index contributed by atoms with van der Waals surface area (Å²) in [7, 11) is 0. The highest BCUT2D eigenvalue weighted by atomic mass is 32.1. The third kappa shape index (κ3) is 2.93. The maximum absolute atomic E-state index is 12.3. The summed E-state index contributed by atoms with van der Waals surface area (Å²) in [5, 5.41) is 3.16. The van der Waals surface area contributed by atoms with Crippen LogP contribution in [0.3, 0.4) is 0 Å². The lowest BCUT2D eigenvalue weighted by Crippen LogP contribution is -2.50. The van der Waals surface area contributed by atoms with Crippen molar-refractivity contribution in [3.63, 3.8) is 0 Å². The van der Waals surface area contributed by atoms with Gasteiger partial charge in [0, 0.05) is 5.92 Å². The molecule has 0 aromatic heterocycles. The lowest BCUT2D eigenvalue weighted by Gasteiger charge is -2.31. The number of nitrogens with two attached hydrogens (primary N) is 1. The van der Waals surface area contributed by atoms with Gasteiger partial charge in [0.15, 0.2) is 0 Å². The standard InChI is InChI=1S/C15H24N2OS/c16-14(19)13(9-4-2-1-3-5-9)17-15(18)12-7-10-6-11(10)8-12/h9-13H,1-8H2,(H2,16,19)(H,17,18). The predicted molar refractivity (Wildman–Crippen MR) is 79.6 cm³/mol. The van der Waals surface area contributed by atoms with Gasteiger partial charge in [-0.15, -0.1) is 0 Å². The van der Waals surface area contributed by atoms with Crippen LogP contribution in [0.15, 0.2) is 0 Å². The average molecular weight is 280 g/mol. The molecule has 0 heterocycles. The number of fused-ring (bicyclic) bond motifs is 1. The Morgan fingerprint density at radius 3 is 2.32 bits per heavy atom. The van der Waals surface area contributed by atoms with Crippen LogP contribution in [0, 0.1) is 23.7 Å². The second-order valence-electron chi connectivity index (χ2n) is 6.71. The Morgan fingerprint density at radius 1 is 1.11 bits per heavy atom. The van der Waals surface area contributed by atoms with Crippen molar-refractivity contribution in [1.29, 1.82) is 0 Å². The van der Waals surface area contributed by atoms with Gasteiger partial charge < -0.3 is 11.1 Å². The van der Waals surface area contributed by atoms with Gasteiger partial charge >= 0.3 is 0 Å². The topological polar surface area (TPSA) is 55.1 Å². The Labute approximate surface area is 120 Å². The van der Waals surface area contributed by atoms with E-state index < -0.39 is 0 Å². The minimum atomic E-state index is -0.0697. The van der Waals surface area contributed by atoms with Gasteiger partial charge in [0.25, 0.3) is 0 Å². The summed E-state index contributed by atoms with van der Waals surface area (Å²) in [6.07, 6.45) is 9.62. The highest BCUT2D eigenvalue weighted by molar-refractivity contribution is 7.80. The van der Waals surface area contributed by atoms with E-state index in [-0.39, 0.29) is 17.9 Å². The Morgan fingerprint density at radius 2 is 1.74 bits per heavy atom. The number of carbonyl (C=O) groups excluding carboxylic acids is 1. The molecule has 3 rings (SSSR count). The van der Waals surface area contributed by atoms with Gasteiger partial charge in [0.2, 0.25) is 5.91 Å². The second kappa shape index (κ2) is 5.39. The van der Waals surface area contributed by atoms with Crippen LogP contribution >= 0.6 is 12.2 Å². The maximum Gasteiger partial charge on any atom is 0.223 e. The van der Waals surface area contributed by atoms with Gasteiger partial charge in [-0.05, 0) is 49.9 Å². The highest BCUT2D eigenvalue weighted by Gasteiger charge is 2.48. The molecule has 0 aromatic carbocycles. The maximum atomic E-state index is 12.3. The summed E-state index contributed by atoms with van der Waals surface area (Å²) in [4.78, 5) is 12.8. The number of nitrogens with one attached hydrogen (secondary N) is 1. The molecule has 4 heteroatoms. The summed E-state index contributed by atoms with van der Waals surface area (Å²) in [5.41, 5.74) is 5.87. The third-order valence-corrected chi connectivity index (χ3v) is 5.59. The molecule has 3 unspecified atom stereocenters. The summed E-state index contributed by atoms with van der Waals surface area (Å²) < 4.78 is 0. The van der Waals surface area contributed by atoms with Crippen LogP contribution < -0.4 is 11.1 Å². The van der Waals surface area contributed by atoms with Crippen LogP contribution in [-0.2, 0) is 4.79 Å². The fourth-order valence-electron chi connectivity index (χ4n) is 4.09. The van der Waals surface area contributed by atoms with Crippen molar-refractivity contribution in [1.82, 2.24) is 5.32 Å². The molecule has 19 heavy (non-hydrogen) atoms. The number of thiocarbonyl (C=S) groups is 1. The summed E-state index contributed by atoms with van der Waals surface area (Å²) in [6.45, 7) is 0. The van der Waals surface area contributed by atoms with Crippen molar-refractivity contribution >= 4 is 23.1 Å². The largest absolute Gasteiger partial charge is 0.392 e. The zero-order valence-corrected chi connectivity index (χ0v) is 12.3. The fraction of sp³-hybridized carbons (Fsp3) is 0.867. The zero-order valence-electron chi connectivity index (χ0n) is 11.4. The molecule has 106 valence electrons. The summed E-state index contributed by atoms with van der Waals surface area (Å²) in [5.74, 6) is 2.58. The molecule has 0 bridgehead atoms. The monoisotopic (exact) mass is 280 g/mol. The van der Waals surface area contributed by atoms with Gasteiger partial charge in [0.1, 0.15) is 0 Å². The number of hydrogen-bond donors (Lipinski definition) is 2. The number of hydrogen-bond acceptors (Lipinski definition) is 2. The fourth-order valence-corrected chi connectivity index (χ4v) is 4.34. The Bertz CT molecular complexity index is 368. The predicted octanol–water partition coefficient (Wildman–Crippen LogP) is 2.38. The number of rotatable bonds is 4. The van der Waals surface area contributed by atoms with E-state index in [1.54, 1.807) is 0 Å². The second-order valence-corrected chi connectivity index (χ2v) is 7.18. The van der Waals surface area contributed by atoms with E-state index >= 15 is 0 Å². The van der Waals surface area contributed by atoms with E-state index in [4.69, 9.17) is 18.0 Å². The minimum Gasteiger partial charge on any atom is -0.392 e. The lowest BCUT2D eigenvalue weighted by molar-refractivity contribution is -0.125. The van der Waals surface area contributed by atoms with Gasteiger partial charge in [-0.1, -0.05) is 31.5 Å². The zero-order chi connectivity index (χ0) is 13.4. The average Bonchev–Trinajstić information content (AvgIpc) is 3.03. The van der Waals surface area contributed by atoms with E-state index in [0.717, 1.165) is 37.5 Å². The molecule has 3 aliphatic carbocycles. The van der Waals surface area contributed by atoms with E-state index in [1.807, 2.05) is 0 Å². The number of carbonyl (C=O) groups is 1. The molecule has 0 spiro atoms. The summed E-state index contributed by atoms with van der Waals surface area (Å²) >= 11 is 5.19. The van der Waals surface area contributed by atoms with Crippen LogP contribution in [0.1, 0.15) is 51.4 Å². The molecule has 1 amide bonds. The molecule has 3 N–H and O–H groups in total. The molecule has 0 aliphatic heterocycles. The summed E-state index contributed by atoms with van der Waals surface area (Å²) in [6, 6.07) is -0.0697. The molecule has 3 atom stereocenters. The van der Waals surface area contributed by atoms with Crippen molar-refractivity contribution in [3.05, 3.63) is 0 Å². The molecule has 0 aromatic rings. The van der Waals surface area contributed by atoms with Crippen molar-refractivity contribution in [3.8, 4) is 0 Å². The highest BCUT2D eigenvalue weighted by Crippen LogP contribution is 2.54. The molecule has 3 fully saturated rings. The van der Waals surface area contributed by atoms with Crippen molar-refractivity contribution in [2.75, 3.05) is 0 Å². The molecular weight excluding hydrogens is 256 g/mol. The minimum absolute atomic E-state index is 0.0697. The Hall–Kier alpha value is -0.640. The number of amides is 1. The Kier molecular flexibility index (Phi) is 3.79. The molecule has 3 aliphatic rings. The molecule has 3 nitrogen and oxygen atoms in total. The van der Waals surface area contributed by atoms with Crippen LogP contribution in [0.2, 0.25) is 0 Å². The van der Waals surface area contributed by atoms with E-state index in [9.17, 15) is 4.79 Å². The van der Waals surface area contributed by atoms with Gasteiger partial charge in [-0.25, -0.2) is 0 Å². The van der Waals surface area contributed by atoms with Crippen LogP contribution in [0.25, 0.3) is 0 Å². The Balaban J connectivity index is 1.57. The normalized spacial score (nSPS) is 35.5. The van der Waals surface area contributed by atoms with Crippen LogP contribution in [0.4, 0.5) is 0 Å². The first-order valence-corrected chi connectivity index (χ1v) is 8.15. The van der Waals surface area contributed by atoms with E-state index in [2.05, 4.69) is 5.32 Å². The molecular formula is C15H24N2OS. The molecule has 3 saturated carbocycles. The first-order valence-electron chi connectivity index (χ1n) is 7.75. The van der Waals surface area contributed by atoms with Gasteiger partial charge in [-0.2, -0.15) is 0 Å². The quantitative estimate of drug-likeness (QED) is 0.777. The smallest absolute Gasteiger partial charge is 0.223 e. The van der Waals surface area contributed by atoms with Gasteiger partial charge in [-0.3, -0.25) is 4.79 Å². The third-order valence-electron chi connectivity index (χ3n) is 5.34. The SMILES string of the molecule is NC(=S)C(NC(=O)C1CC2CC2C1)C1CCCCC1. The van der Waals surface area contributed by atoms with Crippen molar-refractivity contribution in [2.24, 2.45) is 29.4 Å². The lowest BCUT2D eigenvalue weighted by atomic mass is 9.83. The first kappa shape index (κ1) is 13.3. The first-order chi connectivity index (χ1) is 9.15. The van der Waals surface area contributed by atoms with E-state index in [0.29, 0.717) is 10.9 Å². The van der Waals surface area contributed by atoms with Crippen molar-refractivity contribution < 1.29 is 4.79 Å². The molecule has 0 saturated heterocycles. The van der Waals surface area contributed by atoms with E-state index in [1.165, 1.54) is 25.7 Å². The van der Waals surface area contributed by atoms with Crippen LogP contribution in [-0.4, -0.2) is 16.9 Å². The van der Waals surface area contributed by atoms with Crippen LogP contribution in [0.5, 0.6) is 0 Å². The molecule has 0 radical (unpaired) electrons. The van der Waals surface area contributed by atoms with Crippen molar-refractivity contribution in [2.45, 2.75) is 57.4 Å². The van der Waals surface area contributed by atoms with Gasteiger partial charge in [0.05, 0.1) is 11.0 Å².